The minimum absolute atomic E-state index is 0.667. The SMILES string of the molecule is CN1CCC2CCCC(CN)N2CC1. The maximum absolute atomic E-state index is 5.84. The minimum Gasteiger partial charge on any atom is -0.329 e. The summed E-state index contributed by atoms with van der Waals surface area (Å²) in [6.45, 7) is 4.55. The van der Waals surface area contributed by atoms with E-state index >= 15 is 0 Å². The first-order chi connectivity index (χ1) is 6.81. The van der Waals surface area contributed by atoms with E-state index in [1.54, 1.807) is 0 Å². The summed E-state index contributed by atoms with van der Waals surface area (Å²) in [7, 11) is 2.23. The normalized spacial score (nSPS) is 36.4. The topological polar surface area (TPSA) is 32.5 Å². The third kappa shape index (κ3) is 2.10. The monoisotopic (exact) mass is 197 g/mol. The highest BCUT2D eigenvalue weighted by molar-refractivity contribution is 4.87. The Morgan fingerprint density at radius 2 is 2.00 bits per heavy atom. The molecule has 2 aliphatic heterocycles. The molecular weight excluding hydrogens is 174 g/mol. The van der Waals surface area contributed by atoms with Crippen molar-refractivity contribution in [1.29, 1.82) is 0 Å². The van der Waals surface area contributed by atoms with Crippen molar-refractivity contribution in [2.45, 2.75) is 37.8 Å². The predicted molar refractivity (Wildman–Crippen MR) is 59.3 cm³/mol. The molecule has 2 aliphatic rings. The average Bonchev–Trinajstić information content (AvgIpc) is 2.41. The Labute approximate surface area is 87.2 Å². The van der Waals surface area contributed by atoms with Crippen LogP contribution in [0.5, 0.6) is 0 Å². The van der Waals surface area contributed by atoms with Gasteiger partial charge in [-0.25, -0.2) is 0 Å². The average molecular weight is 197 g/mol. The van der Waals surface area contributed by atoms with E-state index in [-0.39, 0.29) is 0 Å². The van der Waals surface area contributed by atoms with Gasteiger partial charge in [0.25, 0.3) is 0 Å². The Hall–Kier alpha value is -0.120. The molecule has 82 valence electrons. The largest absolute Gasteiger partial charge is 0.329 e. The van der Waals surface area contributed by atoms with E-state index in [4.69, 9.17) is 5.73 Å². The van der Waals surface area contributed by atoms with Crippen LogP contribution in [-0.4, -0.2) is 55.1 Å². The number of hydrogen-bond acceptors (Lipinski definition) is 3. The highest BCUT2D eigenvalue weighted by Crippen LogP contribution is 2.25. The molecule has 0 amide bonds. The Balaban J connectivity index is 2.01. The molecule has 2 fully saturated rings. The van der Waals surface area contributed by atoms with Crippen molar-refractivity contribution in [3.63, 3.8) is 0 Å². The molecule has 3 heteroatoms. The van der Waals surface area contributed by atoms with Crippen molar-refractivity contribution in [2.24, 2.45) is 5.73 Å². The molecule has 0 aromatic heterocycles. The maximum Gasteiger partial charge on any atom is 0.0221 e. The first-order valence-electron chi connectivity index (χ1n) is 5.95. The van der Waals surface area contributed by atoms with Crippen LogP contribution >= 0.6 is 0 Å². The van der Waals surface area contributed by atoms with Gasteiger partial charge in [0, 0.05) is 31.7 Å². The predicted octanol–water partition coefficient (Wildman–Crippen LogP) is 0.504. The lowest BCUT2D eigenvalue weighted by molar-refractivity contribution is 0.0938. The van der Waals surface area contributed by atoms with Crippen molar-refractivity contribution in [3.8, 4) is 0 Å². The van der Waals surface area contributed by atoms with Crippen molar-refractivity contribution < 1.29 is 0 Å². The molecular formula is C11H23N3. The number of nitrogens with two attached hydrogens (primary N) is 1. The summed E-state index contributed by atoms with van der Waals surface area (Å²) < 4.78 is 0. The van der Waals surface area contributed by atoms with E-state index in [9.17, 15) is 0 Å². The first kappa shape index (κ1) is 10.4. The standard InChI is InChI=1S/C11H23N3/c1-13-6-5-10-3-2-4-11(9-12)14(10)8-7-13/h10-11H,2-9,12H2,1H3. The summed E-state index contributed by atoms with van der Waals surface area (Å²) in [6.07, 6.45) is 5.43. The lowest BCUT2D eigenvalue weighted by atomic mass is 9.94. The number of rotatable bonds is 1. The van der Waals surface area contributed by atoms with Crippen molar-refractivity contribution >= 4 is 0 Å². The third-order valence-corrected chi connectivity index (χ3v) is 3.87. The van der Waals surface area contributed by atoms with Crippen LogP contribution in [0.4, 0.5) is 0 Å². The van der Waals surface area contributed by atoms with Gasteiger partial charge in [-0.15, -0.1) is 0 Å². The van der Waals surface area contributed by atoms with E-state index in [0.29, 0.717) is 6.04 Å². The maximum atomic E-state index is 5.84. The molecule has 0 saturated carbocycles. The van der Waals surface area contributed by atoms with E-state index in [1.807, 2.05) is 0 Å². The second-order valence-corrected chi connectivity index (χ2v) is 4.80. The molecule has 0 aliphatic carbocycles. The molecule has 0 radical (unpaired) electrons. The summed E-state index contributed by atoms with van der Waals surface area (Å²) in [5.41, 5.74) is 5.84. The Bertz CT molecular complexity index is 183. The summed E-state index contributed by atoms with van der Waals surface area (Å²) in [5.74, 6) is 0. The van der Waals surface area contributed by atoms with E-state index in [1.165, 1.54) is 45.3 Å². The van der Waals surface area contributed by atoms with Gasteiger partial charge >= 0.3 is 0 Å². The Morgan fingerprint density at radius 1 is 1.14 bits per heavy atom. The molecule has 2 saturated heterocycles. The van der Waals surface area contributed by atoms with Crippen LogP contribution in [0.3, 0.4) is 0 Å². The van der Waals surface area contributed by atoms with Crippen molar-refractivity contribution in [1.82, 2.24) is 9.80 Å². The molecule has 2 unspecified atom stereocenters. The van der Waals surface area contributed by atoms with Crippen molar-refractivity contribution in [3.05, 3.63) is 0 Å². The Morgan fingerprint density at radius 3 is 2.79 bits per heavy atom. The van der Waals surface area contributed by atoms with Crippen LogP contribution in [0.2, 0.25) is 0 Å². The molecule has 0 bridgehead atoms. The van der Waals surface area contributed by atoms with E-state index < -0.39 is 0 Å². The fraction of sp³-hybridized carbons (Fsp3) is 1.00. The van der Waals surface area contributed by atoms with Gasteiger partial charge in [0.15, 0.2) is 0 Å². The van der Waals surface area contributed by atoms with Crippen LogP contribution in [0.1, 0.15) is 25.7 Å². The zero-order chi connectivity index (χ0) is 9.97. The van der Waals surface area contributed by atoms with Gasteiger partial charge in [0.05, 0.1) is 0 Å². The summed E-state index contributed by atoms with van der Waals surface area (Å²) in [6, 6.07) is 1.49. The molecule has 0 aromatic rings. The molecule has 2 N–H and O–H groups in total. The Kier molecular flexibility index (Phi) is 3.42. The summed E-state index contributed by atoms with van der Waals surface area (Å²) in [5, 5.41) is 0. The van der Waals surface area contributed by atoms with Crippen LogP contribution in [0, 0.1) is 0 Å². The van der Waals surface area contributed by atoms with Crippen molar-refractivity contribution in [2.75, 3.05) is 33.2 Å². The number of hydrogen-bond donors (Lipinski definition) is 1. The van der Waals surface area contributed by atoms with E-state index in [2.05, 4.69) is 16.8 Å². The van der Waals surface area contributed by atoms with Crippen LogP contribution in [-0.2, 0) is 0 Å². The fourth-order valence-corrected chi connectivity index (χ4v) is 2.91. The number of nitrogens with zero attached hydrogens (tertiary/aromatic N) is 2. The van der Waals surface area contributed by atoms with Gasteiger partial charge in [-0.2, -0.15) is 0 Å². The second kappa shape index (κ2) is 4.60. The molecule has 3 nitrogen and oxygen atoms in total. The van der Waals surface area contributed by atoms with Crippen LogP contribution in [0.15, 0.2) is 0 Å². The molecule has 2 heterocycles. The van der Waals surface area contributed by atoms with Gasteiger partial charge in [-0.3, -0.25) is 4.90 Å². The highest BCUT2D eigenvalue weighted by atomic mass is 15.3. The minimum atomic E-state index is 0.667. The highest BCUT2D eigenvalue weighted by Gasteiger charge is 2.31. The number of likely N-dealkylation sites (N-methyl/N-ethyl adjacent to an activating group) is 1. The van der Waals surface area contributed by atoms with Crippen LogP contribution < -0.4 is 5.73 Å². The molecule has 0 spiro atoms. The second-order valence-electron chi connectivity index (χ2n) is 4.80. The smallest absolute Gasteiger partial charge is 0.0221 e. The number of fused-ring (bicyclic) bond motifs is 1. The quantitative estimate of drug-likeness (QED) is 0.664. The summed E-state index contributed by atoms with van der Waals surface area (Å²) in [4.78, 5) is 5.12. The van der Waals surface area contributed by atoms with Gasteiger partial charge < -0.3 is 10.6 Å². The van der Waals surface area contributed by atoms with Gasteiger partial charge in [0.2, 0.25) is 0 Å². The number of piperidine rings is 1. The summed E-state index contributed by atoms with van der Waals surface area (Å²) >= 11 is 0. The van der Waals surface area contributed by atoms with E-state index in [0.717, 1.165) is 12.6 Å². The third-order valence-electron chi connectivity index (χ3n) is 3.87. The first-order valence-corrected chi connectivity index (χ1v) is 5.95. The molecule has 2 atom stereocenters. The fourth-order valence-electron chi connectivity index (χ4n) is 2.91. The van der Waals surface area contributed by atoms with Gasteiger partial charge in [0.1, 0.15) is 0 Å². The van der Waals surface area contributed by atoms with Gasteiger partial charge in [-0.1, -0.05) is 6.42 Å². The lowest BCUT2D eigenvalue weighted by Crippen LogP contribution is -2.50. The van der Waals surface area contributed by atoms with Crippen LogP contribution in [0.25, 0.3) is 0 Å². The zero-order valence-corrected chi connectivity index (χ0v) is 9.28. The molecule has 0 aromatic carbocycles. The van der Waals surface area contributed by atoms with Gasteiger partial charge in [-0.05, 0) is 32.9 Å². The molecule has 2 rings (SSSR count). The molecule has 14 heavy (non-hydrogen) atoms. The lowest BCUT2D eigenvalue weighted by Gasteiger charge is -2.40. The zero-order valence-electron chi connectivity index (χ0n) is 9.28.